The molecule has 6 nitrogen and oxygen atoms in total. The van der Waals surface area contributed by atoms with E-state index in [-0.39, 0.29) is 0 Å². The molecule has 0 spiro atoms. The van der Waals surface area contributed by atoms with Crippen LogP contribution in [0.1, 0.15) is 16.7 Å². The van der Waals surface area contributed by atoms with E-state index in [4.69, 9.17) is 0 Å². The Morgan fingerprint density at radius 3 is 2.31 bits per heavy atom. The maximum Gasteiger partial charge on any atom is 0.243 e. The molecule has 0 atom stereocenters. The first kappa shape index (κ1) is 20.0. The third kappa shape index (κ3) is 3.92. The van der Waals surface area contributed by atoms with Gasteiger partial charge >= 0.3 is 0 Å². The van der Waals surface area contributed by atoms with E-state index in [0.29, 0.717) is 37.0 Å². The van der Waals surface area contributed by atoms with Crippen LogP contribution in [0.3, 0.4) is 0 Å². The zero-order chi connectivity index (χ0) is 20.6. The van der Waals surface area contributed by atoms with Gasteiger partial charge in [0, 0.05) is 32.4 Å². The second kappa shape index (κ2) is 7.85. The number of sulfonamides is 1. The van der Waals surface area contributed by atoms with Crippen LogP contribution in [0.4, 0.5) is 5.95 Å². The number of aromatic nitrogens is 2. The number of hydrogen-bond acceptors (Lipinski definition) is 6. The number of benzene rings is 1. The van der Waals surface area contributed by atoms with Gasteiger partial charge in [-0.05, 0) is 49.4 Å². The van der Waals surface area contributed by atoms with Crippen molar-refractivity contribution in [1.29, 1.82) is 0 Å². The van der Waals surface area contributed by atoms with Crippen LogP contribution in [0.2, 0.25) is 0 Å². The summed E-state index contributed by atoms with van der Waals surface area (Å²) in [6.45, 7) is 7.69. The van der Waals surface area contributed by atoms with Gasteiger partial charge in [0.2, 0.25) is 16.0 Å². The highest BCUT2D eigenvalue weighted by molar-refractivity contribution is 7.89. The second-order valence-electron chi connectivity index (χ2n) is 7.34. The predicted molar refractivity (Wildman–Crippen MR) is 117 cm³/mol. The zero-order valence-corrected chi connectivity index (χ0v) is 18.4. The number of rotatable bonds is 4. The molecule has 1 fully saturated rings. The molecule has 8 heteroatoms. The zero-order valence-electron chi connectivity index (χ0n) is 16.8. The highest BCUT2D eigenvalue weighted by Gasteiger charge is 2.31. The van der Waals surface area contributed by atoms with Gasteiger partial charge in [-0.2, -0.15) is 4.31 Å². The maximum atomic E-state index is 13.3. The fraction of sp³-hybridized carbons (Fsp3) is 0.333. The Hall–Kier alpha value is -2.29. The minimum Gasteiger partial charge on any atom is -0.338 e. The lowest BCUT2D eigenvalue weighted by Crippen LogP contribution is -2.49. The minimum atomic E-state index is -3.52. The predicted octanol–water partition coefficient (Wildman–Crippen LogP) is 3.64. The van der Waals surface area contributed by atoms with Gasteiger partial charge in [0.1, 0.15) is 0 Å². The summed E-state index contributed by atoms with van der Waals surface area (Å²) in [5, 5.41) is 2.02. The Morgan fingerprint density at radius 2 is 1.69 bits per heavy atom. The molecule has 0 amide bonds. The van der Waals surface area contributed by atoms with Gasteiger partial charge in [0.05, 0.1) is 15.5 Å². The molecule has 1 aromatic carbocycles. The van der Waals surface area contributed by atoms with Crippen LogP contribution in [0, 0.1) is 20.8 Å². The van der Waals surface area contributed by atoms with Gasteiger partial charge in [-0.15, -0.1) is 11.3 Å². The third-order valence-corrected chi connectivity index (χ3v) is 8.24. The summed E-state index contributed by atoms with van der Waals surface area (Å²) in [6.07, 6.45) is 1.76. The van der Waals surface area contributed by atoms with Gasteiger partial charge in [-0.3, -0.25) is 0 Å². The summed E-state index contributed by atoms with van der Waals surface area (Å²) in [5.41, 5.74) is 3.58. The molecule has 0 N–H and O–H groups in total. The summed E-state index contributed by atoms with van der Waals surface area (Å²) in [5.74, 6) is 0.649. The number of piperazine rings is 1. The van der Waals surface area contributed by atoms with Crippen molar-refractivity contribution in [3.8, 4) is 10.6 Å². The molecule has 3 heterocycles. The monoisotopic (exact) mass is 428 g/mol. The van der Waals surface area contributed by atoms with Crippen LogP contribution in [0.15, 0.2) is 46.8 Å². The quantitative estimate of drug-likeness (QED) is 0.635. The third-order valence-electron chi connectivity index (χ3n) is 5.14. The van der Waals surface area contributed by atoms with Gasteiger partial charge in [-0.25, -0.2) is 18.4 Å². The van der Waals surface area contributed by atoms with Crippen molar-refractivity contribution in [1.82, 2.24) is 14.3 Å². The fourth-order valence-corrected chi connectivity index (χ4v) is 6.42. The lowest BCUT2D eigenvalue weighted by atomic mass is 10.1. The average Bonchev–Trinajstić information content (AvgIpc) is 3.22. The van der Waals surface area contributed by atoms with Crippen molar-refractivity contribution < 1.29 is 8.42 Å². The number of hydrogen-bond donors (Lipinski definition) is 0. The minimum absolute atomic E-state index is 0.418. The lowest BCUT2D eigenvalue weighted by molar-refractivity contribution is 0.382. The maximum absolute atomic E-state index is 13.3. The number of nitrogens with zero attached hydrogens (tertiary/aromatic N) is 4. The van der Waals surface area contributed by atoms with Crippen LogP contribution in [0.25, 0.3) is 10.6 Å². The van der Waals surface area contributed by atoms with E-state index in [1.165, 1.54) is 0 Å². The molecule has 3 aromatic rings. The van der Waals surface area contributed by atoms with Crippen molar-refractivity contribution in [3.05, 3.63) is 58.6 Å². The molecular formula is C21H24N4O2S2. The highest BCUT2D eigenvalue weighted by atomic mass is 32.2. The molecule has 0 aliphatic carbocycles. The summed E-state index contributed by atoms with van der Waals surface area (Å²) >= 11 is 1.64. The Balaban J connectivity index is 1.52. The molecule has 1 saturated heterocycles. The van der Waals surface area contributed by atoms with E-state index < -0.39 is 10.0 Å². The molecule has 4 rings (SSSR count). The fourth-order valence-electron chi connectivity index (χ4n) is 3.89. The molecule has 1 aliphatic heterocycles. The first-order valence-corrected chi connectivity index (χ1v) is 11.9. The summed E-state index contributed by atoms with van der Waals surface area (Å²) in [6, 6.07) is 9.80. The second-order valence-corrected chi connectivity index (χ2v) is 10.2. The molecule has 0 radical (unpaired) electrons. The van der Waals surface area contributed by atoms with Crippen molar-refractivity contribution >= 4 is 27.3 Å². The van der Waals surface area contributed by atoms with E-state index in [1.807, 2.05) is 56.5 Å². The largest absolute Gasteiger partial charge is 0.338 e. The van der Waals surface area contributed by atoms with Crippen LogP contribution in [-0.4, -0.2) is 48.9 Å². The molecule has 152 valence electrons. The molecule has 2 aromatic heterocycles. The van der Waals surface area contributed by atoms with E-state index in [0.717, 1.165) is 27.3 Å². The molecule has 1 aliphatic rings. The molecule has 29 heavy (non-hydrogen) atoms. The first-order valence-electron chi connectivity index (χ1n) is 9.56. The van der Waals surface area contributed by atoms with Gasteiger partial charge in [-0.1, -0.05) is 23.8 Å². The topological polar surface area (TPSA) is 66.4 Å². The van der Waals surface area contributed by atoms with Gasteiger partial charge in [0.15, 0.2) is 0 Å². The average molecular weight is 429 g/mol. The standard InChI is InChI=1S/C21H24N4O2S2/c1-15-13-16(2)20(17(3)14-15)29(26,27)25-10-8-24(9-11-25)21-22-7-6-18(23-21)19-5-4-12-28-19/h4-7,12-14H,8-11H2,1-3H3. The Labute approximate surface area is 175 Å². The Bertz CT molecular complexity index is 1100. The normalized spacial score (nSPS) is 15.6. The van der Waals surface area contributed by atoms with Crippen molar-refractivity contribution in [2.24, 2.45) is 0 Å². The smallest absolute Gasteiger partial charge is 0.243 e. The van der Waals surface area contributed by atoms with Crippen LogP contribution in [-0.2, 0) is 10.0 Å². The van der Waals surface area contributed by atoms with E-state index in [9.17, 15) is 8.42 Å². The summed E-state index contributed by atoms with van der Waals surface area (Å²) in [4.78, 5) is 12.7. The summed E-state index contributed by atoms with van der Waals surface area (Å²) < 4.78 is 28.1. The van der Waals surface area contributed by atoms with E-state index >= 15 is 0 Å². The lowest BCUT2D eigenvalue weighted by Gasteiger charge is -2.34. The van der Waals surface area contributed by atoms with Gasteiger partial charge in [0.25, 0.3) is 0 Å². The SMILES string of the molecule is Cc1cc(C)c(S(=O)(=O)N2CCN(c3nccc(-c4cccs4)n3)CC2)c(C)c1. The first-order chi connectivity index (χ1) is 13.9. The van der Waals surface area contributed by atoms with E-state index in [1.54, 1.807) is 21.8 Å². The molecule has 0 bridgehead atoms. The van der Waals surface area contributed by atoms with Crippen LogP contribution < -0.4 is 4.90 Å². The molecular weight excluding hydrogens is 404 g/mol. The number of anilines is 1. The Morgan fingerprint density at radius 1 is 1.00 bits per heavy atom. The van der Waals surface area contributed by atoms with Gasteiger partial charge < -0.3 is 4.90 Å². The Kier molecular flexibility index (Phi) is 5.42. The number of aryl methyl sites for hydroxylation is 3. The van der Waals surface area contributed by atoms with Crippen molar-refractivity contribution in [2.45, 2.75) is 25.7 Å². The molecule has 0 saturated carbocycles. The highest BCUT2D eigenvalue weighted by Crippen LogP contribution is 2.27. The summed E-state index contributed by atoms with van der Waals surface area (Å²) in [7, 11) is -3.52. The van der Waals surface area contributed by atoms with Crippen LogP contribution >= 0.6 is 11.3 Å². The van der Waals surface area contributed by atoms with Crippen molar-refractivity contribution in [3.63, 3.8) is 0 Å². The van der Waals surface area contributed by atoms with E-state index in [2.05, 4.69) is 14.9 Å². The van der Waals surface area contributed by atoms with Crippen LogP contribution in [0.5, 0.6) is 0 Å². The number of thiophene rings is 1. The molecule has 0 unspecified atom stereocenters. The van der Waals surface area contributed by atoms with Crippen molar-refractivity contribution in [2.75, 3.05) is 31.1 Å².